The van der Waals surface area contributed by atoms with E-state index in [9.17, 15) is 4.79 Å². The summed E-state index contributed by atoms with van der Waals surface area (Å²) in [6, 6.07) is 6.18. The van der Waals surface area contributed by atoms with Gasteiger partial charge in [-0.2, -0.15) is 0 Å². The summed E-state index contributed by atoms with van der Waals surface area (Å²) < 4.78 is 0. The molecule has 1 saturated carbocycles. The summed E-state index contributed by atoms with van der Waals surface area (Å²) >= 11 is 0. The average Bonchev–Trinajstić information content (AvgIpc) is 2.91. The van der Waals surface area contributed by atoms with E-state index in [1.165, 1.54) is 24.0 Å². The van der Waals surface area contributed by atoms with Crippen molar-refractivity contribution in [2.45, 2.75) is 32.6 Å². The molecule has 0 amide bonds. The first-order valence-corrected chi connectivity index (χ1v) is 6.98. The summed E-state index contributed by atoms with van der Waals surface area (Å²) in [6.07, 6.45) is 9.15. The first-order chi connectivity index (χ1) is 8.68. The molecule has 0 saturated heterocycles. The molecule has 3 atom stereocenters. The Morgan fingerprint density at radius 1 is 1.22 bits per heavy atom. The van der Waals surface area contributed by atoms with Gasteiger partial charge in [0, 0.05) is 12.0 Å². The zero-order chi connectivity index (χ0) is 12.3. The molecule has 0 heterocycles. The summed E-state index contributed by atoms with van der Waals surface area (Å²) in [5, 5.41) is 0. The fourth-order valence-corrected chi connectivity index (χ4v) is 4.49. The van der Waals surface area contributed by atoms with Crippen LogP contribution in [0.5, 0.6) is 0 Å². The van der Waals surface area contributed by atoms with E-state index in [1.807, 2.05) is 12.1 Å². The molecular weight excluding hydrogens is 220 g/mol. The minimum atomic E-state index is 0.260. The van der Waals surface area contributed by atoms with Crippen molar-refractivity contribution in [1.29, 1.82) is 0 Å². The molecule has 4 rings (SSSR count). The number of carbonyl (C=O) groups excluding carboxylic acids is 1. The lowest BCUT2D eigenvalue weighted by Gasteiger charge is -2.39. The molecule has 1 nitrogen and oxygen atoms in total. The Kier molecular flexibility index (Phi) is 1.96. The standard InChI is InChI=1S/C17H18O/c1-11-3-2-4-14-15(11)9-17(10-16(14)18)8-12-5-6-13(17)7-12/h2-6,12-13H,7-10H2,1H3. The number of hydrogen-bond donors (Lipinski definition) is 0. The predicted octanol–water partition coefficient (Wildman–Crippen LogP) is 3.71. The lowest BCUT2D eigenvalue weighted by atomic mass is 9.63. The maximum atomic E-state index is 12.5. The van der Waals surface area contributed by atoms with Crippen LogP contribution in [0.25, 0.3) is 0 Å². The van der Waals surface area contributed by atoms with Gasteiger partial charge in [-0.3, -0.25) is 4.79 Å². The van der Waals surface area contributed by atoms with Crippen LogP contribution >= 0.6 is 0 Å². The van der Waals surface area contributed by atoms with Crippen LogP contribution in [0, 0.1) is 24.2 Å². The number of allylic oxidation sites excluding steroid dienone is 2. The fourth-order valence-electron chi connectivity index (χ4n) is 4.49. The van der Waals surface area contributed by atoms with E-state index in [2.05, 4.69) is 25.1 Å². The van der Waals surface area contributed by atoms with Gasteiger partial charge in [0.2, 0.25) is 0 Å². The van der Waals surface area contributed by atoms with Crippen LogP contribution in [-0.2, 0) is 6.42 Å². The van der Waals surface area contributed by atoms with Gasteiger partial charge in [0.05, 0.1) is 0 Å². The third-order valence-corrected chi connectivity index (χ3v) is 5.38. The predicted molar refractivity (Wildman–Crippen MR) is 71.6 cm³/mol. The van der Waals surface area contributed by atoms with E-state index >= 15 is 0 Å². The third kappa shape index (κ3) is 1.25. The Hall–Kier alpha value is -1.37. The minimum absolute atomic E-state index is 0.260. The molecule has 2 bridgehead atoms. The molecule has 0 aromatic heterocycles. The van der Waals surface area contributed by atoms with Crippen molar-refractivity contribution >= 4 is 5.78 Å². The zero-order valence-corrected chi connectivity index (χ0v) is 10.8. The summed E-state index contributed by atoms with van der Waals surface area (Å²) in [6.45, 7) is 2.15. The Bertz CT molecular complexity index is 569. The second-order valence-corrected chi connectivity index (χ2v) is 6.43. The van der Waals surface area contributed by atoms with Gasteiger partial charge >= 0.3 is 0 Å². The van der Waals surface area contributed by atoms with Crippen molar-refractivity contribution in [3.8, 4) is 0 Å². The number of carbonyl (C=O) groups is 1. The molecule has 1 heteroatoms. The maximum absolute atomic E-state index is 12.5. The van der Waals surface area contributed by atoms with Crippen molar-refractivity contribution in [2.75, 3.05) is 0 Å². The monoisotopic (exact) mass is 238 g/mol. The minimum Gasteiger partial charge on any atom is -0.294 e. The zero-order valence-electron chi connectivity index (χ0n) is 10.8. The van der Waals surface area contributed by atoms with Gasteiger partial charge in [-0.1, -0.05) is 30.4 Å². The summed E-state index contributed by atoms with van der Waals surface area (Å²) in [5.41, 5.74) is 3.88. The summed E-state index contributed by atoms with van der Waals surface area (Å²) in [7, 11) is 0. The van der Waals surface area contributed by atoms with E-state index in [0.29, 0.717) is 11.7 Å². The quantitative estimate of drug-likeness (QED) is 0.630. The molecular formula is C17H18O. The molecule has 92 valence electrons. The van der Waals surface area contributed by atoms with E-state index < -0.39 is 0 Å². The van der Waals surface area contributed by atoms with E-state index in [1.54, 1.807) is 0 Å². The van der Waals surface area contributed by atoms with Gasteiger partial charge in [-0.15, -0.1) is 0 Å². The van der Waals surface area contributed by atoms with Gasteiger partial charge in [0.1, 0.15) is 0 Å². The summed E-state index contributed by atoms with van der Waals surface area (Å²) in [5.74, 6) is 1.77. The highest BCUT2D eigenvalue weighted by atomic mass is 16.1. The third-order valence-electron chi connectivity index (χ3n) is 5.38. The molecule has 1 spiro atoms. The fraction of sp³-hybridized carbons (Fsp3) is 0.471. The van der Waals surface area contributed by atoms with Crippen LogP contribution in [0.1, 0.15) is 40.7 Å². The Morgan fingerprint density at radius 3 is 2.83 bits per heavy atom. The van der Waals surface area contributed by atoms with Gasteiger partial charge in [0.15, 0.2) is 5.78 Å². The topological polar surface area (TPSA) is 17.1 Å². The second kappa shape index (κ2) is 3.34. The Morgan fingerprint density at radius 2 is 2.11 bits per heavy atom. The number of ketones is 1. The first-order valence-electron chi connectivity index (χ1n) is 6.98. The highest BCUT2D eigenvalue weighted by Gasteiger charge is 2.51. The number of aryl methyl sites for hydroxylation is 1. The largest absolute Gasteiger partial charge is 0.294 e. The summed E-state index contributed by atoms with van der Waals surface area (Å²) in [4.78, 5) is 12.5. The van der Waals surface area contributed by atoms with Gasteiger partial charge in [-0.05, 0) is 54.6 Å². The number of hydrogen-bond acceptors (Lipinski definition) is 1. The molecule has 3 aliphatic carbocycles. The molecule has 3 aliphatic rings. The van der Waals surface area contributed by atoms with Crippen LogP contribution in [0.3, 0.4) is 0 Å². The van der Waals surface area contributed by atoms with Crippen molar-refractivity contribution in [1.82, 2.24) is 0 Å². The first kappa shape index (κ1) is 10.5. The van der Waals surface area contributed by atoms with Gasteiger partial charge < -0.3 is 0 Å². The van der Waals surface area contributed by atoms with Crippen LogP contribution in [0.4, 0.5) is 0 Å². The van der Waals surface area contributed by atoms with Crippen LogP contribution in [-0.4, -0.2) is 5.78 Å². The van der Waals surface area contributed by atoms with Crippen molar-refractivity contribution < 1.29 is 4.79 Å². The van der Waals surface area contributed by atoms with E-state index in [4.69, 9.17) is 0 Å². The molecule has 18 heavy (non-hydrogen) atoms. The maximum Gasteiger partial charge on any atom is 0.163 e. The SMILES string of the molecule is Cc1cccc2c1CC1(CC2=O)CC2C=CC1C2. The smallest absolute Gasteiger partial charge is 0.163 e. The highest BCUT2D eigenvalue weighted by molar-refractivity contribution is 5.99. The average molecular weight is 238 g/mol. The number of benzene rings is 1. The van der Waals surface area contributed by atoms with Crippen molar-refractivity contribution in [3.63, 3.8) is 0 Å². The number of Topliss-reactive ketones (excluding diaryl/α,β-unsaturated/α-hetero) is 1. The Labute approximate surface area is 108 Å². The molecule has 0 radical (unpaired) electrons. The van der Waals surface area contributed by atoms with E-state index in [0.717, 1.165) is 24.3 Å². The van der Waals surface area contributed by atoms with Gasteiger partial charge in [-0.25, -0.2) is 0 Å². The van der Waals surface area contributed by atoms with Crippen LogP contribution in [0.2, 0.25) is 0 Å². The van der Waals surface area contributed by atoms with Gasteiger partial charge in [0.25, 0.3) is 0 Å². The molecule has 1 aromatic rings. The lowest BCUT2D eigenvalue weighted by molar-refractivity contribution is 0.0847. The van der Waals surface area contributed by atoms with E-state index in [-0.39, 0.29) is 5.41 Å². The molecule has 1 fully saturated rings. The van der Waals surface area contributed by atoms with Crippen molar-refractivity contribution in [2.24, 2.45) is 17.3 Å². The normalized spacial score (nSPS) is 36.4. The molecule has 0 aliphatic heterocycles. The Balaban J connectivity index is 1.83. The molecule has 1 aromatic carbocycles. The van der Waals surface area contributed by atoms with Crippen LogP contribution < -0.4 is 0 Å². The lowest BCUT2D eigenvalue weighted by Crippen LogP contribution is -2.36. The van der Waals surface area contributed by atoms with Crippen molar-refractivity contribution in [3.05, 3.63) is 47.0 Å². The highest BCUT2D eigenvalue weighted by Crippen LogP contribution is 2.57. The second-order valence-electron chi connectivity index (χ2n) is 6.43. The number of fused-ring (bicyclic) bond motifs is 4. The molecule has 3 unspecified atom stereocenters. The molecule has 0 N–H and O–H groups in total. The van der Waals surface area contributed by atoms with Crippen LogP contribution in [0.15, 0.2) is 30.4 Å². The number of rotatable bonds is 0.